The molecule has 1 aliphatic rings. The van der Waals surface area contributed by atoms with Gasteiger partial charge in [-0.3, -0.25) is 5.32 Å². The average molecular weight is 293 g/mol. The van der Waals surface area contributed by atoms with E-state index in [9.17, 15) is 9.90 Å². The molecule has 1 aromatic carbocycles. The molecule has 0 saturated heterocycles. The van der Waals surface area contributed by atoms with Crippen LogP contribution in [-0.4, -0.2) is 44.0 Å². The summed E-state index contributed by atoms with van der Waals surface area (Å²) in [4.78, 5) is 11.8. The van der Waals surface area contributed by atoms with E-state index in [1.54, 1.807) is 0 Å². The number of rotatable bonds is 9. The van der Waals surface area contributed by atoms with Crippen molar-refractivity contribution in [2.24, 2.45) is 5.92 Å². The topological polar surface area (TPSA) is 67.8 Å². The fraction of sp³-hybridized carbons (Fsp3) is 0.562. The van der Waals surface area contributed by atoms with Gasteiger partial charge in [0, 0.05) is 13.2 Å². The number of carbonyl (C=O) groups is 1. The van der Waals surface area contributed by atoms with Crippen LogP contribution in [0.15, 0.2) is 30.3 Å². The summed E-state index contributed by atoms with van der Waals surface area (Å²) in [6, 6.07) is 8.74. The minimum Gasteiger partial charge on any atom is -0.468 e. The van der Waals surface area contributed by atoms with E-state index in [-0.39, 0.29) is 19.1 Å². The van der Waals surface area contributed by atoms with Crippen molar-refractivity contribution < 1.29 is 19.4 Å². The molecule has 0 aliphatic heterocycles. The van der Waals surface area contributed by atoms with Crippen LogP contribution in [0.5, 0.6) is 0 Å². The summed E-state index contributed by atoms with van der Waals surface area (Å²) in [6.45, 7) is 1.28. The summed E-state index contributed by atoms with van der Waals surface area (Å²) in [6.07, 6.45) is 1.82. The molecule has 0 radical (unpaired) electrons. The molecule has 2 rings (SSSR count). The lowest BCUT2D eigenvalue weighted by Gasteiger charge is -2.19. The van der Waals surface area contributed by atoms with Gasteiger partial charge in [0.2, 0.25) is 0 Å². The molecule has 0 heterocycles. The Balaban J connectivity index is 1.79. The van der Waals surface area contributed by atoms with Gasteiger partial charge in [-0.2, -0.15) is 0 Å². The van der Waals surface area contributed by atoms with Crippen LogP contribution in [0.25, 0.3) is 0 Å². The minimum atomic E-state index is -0.639. The Morgan fingerprint density at radius 1 is 1.38 bits per heavy atom. The van der Waals surface area contributed by atoms with Gasteiger partial charge >= 0.3 is 5.97 Å². The fourth-order valence-corrected chi connectivity index (χ4v) is 2.07. The number of methoxy groups -OCH3 is 1. The molecule has 0 spiro atoms. The fourth-order valence-electron chi connectivity index (χ4n) is 2.07. The first-order chi connectivity index (χ1) is 10.2. The van der Waals surface area contributed by atoms with Gasteiger partial charge in [-0.05, 0) is 24.3 Å². The zero-order valence-corrected chi connectivity index (χ0v) is 12.3. The largest absolute Gasteiger partial charge is 0.468 e. The highest BCUT2D eigenvalue weighted by Crippen LogP contribution is 2.28. The van der Waals surface area contributed by atoms with Gasteiger partial charge in [-0.15, -0.1) is 0 Å². The second kappa shape index (κ2) is 8.12. The van der Waals surface area contributed by atoms with Crippen molar-refractivity contribution in [3.63, 3.8) is 0 Å². The lowest BCUT2D eigenvalue weighted by molar-refractivity contribution is -0.143. The van der Waals surface area contributed by atoms with Crippen LogP contribution in [0.1, 0.15) is 24.4 Å². The summed E-state index contributed by atoms with van der Waals surface area (Å²) < 4.78 is 10.2. The van der Waals surface area contributed by atoms with Gasteiger partial charge in [-0.1, -0.05) is 30.3 Å². The zero-order chi connectivity index (χ0) is 15.1. The Morgan fingerprint density at radius 2 is 2.10 bits per heavy atom. The van der Waals surface area contributed by atoms with E-state index in [2.05, 4.69) is 5.32 Å². The van der Waals surface area contributed by atoms with Crippen molar-refractivity contribution >= 4 is 5.97 Å². The molecule has 0 bridgehead atoms. The molecular weight excluding hydrogens is 270 g/mol. The van der Waals surface area contributed by atoms with Crippen LogP contribution in [0.3, 0.4) is 0 Å². The summed E-state index contributed by atoms with van der Waals surface area (Å²) in [5, 5.41) is 12.9. The molecule has 1 saturated carbocycles. The molecule has 2 atom stereocenters. The summed E-state index contributed by atoms with van der Waals surface area (Å²) in [5.41, 5.74) is 0.815. The SMILES string of the molecule is COC(=O)C(NCC(O)COCC1CC1)c1ccccc1. The lowest BCUT2D eigenvalue weighted by atomic mass is 10.1. The summed E-state index contributed by atoms with van der Waals surface area (Å²) in [5.74, 6) is 0.310. The van der Waals surface area contributed by atoms with Crippen molar-refractivity contribution in [1.82, 2.24) is 5.32 Å². The molecule has 2 N–H and O–H groups in total. The first kappa shape index (κ1) is 15.9. The minimum absolute atomic E-state index is 0.277. The number of esters is 1. The van der Waals surface area contributed by atoms with Crippen molar-refractivity contribution in [2.75, 3.05) is 26.9 Å². The Morgan fingerprint density at radius 3 is 2.71 bits per heavy atom. The first-order valence-electron chi connectivity index (χ1n) is 7.32. The highest BCUT2D eigenvalue weighted by Gasteiger charge is 2.23. The monoisotopic (exact) mass is 293 g/mol. The van der Waals surface area contributed by atoms with Gasteiger partial charge in [0.25, 0.3) is 0 Å². The number of aliphatic hydroxyl groups excluding tert-OH is 1. The number of hydrogen-bond donors (Lipinski definition) is 2. The summed E-state index contributed by atoms with van der Waals surface area (Å²) >= 11 is 0. The number of aliphatic hydroxyl groups is 1. The van der Waals surface area contributed by atoms with Crippen LogP contribution < -0.4 is 5.32 Å². The maximum Gasteiger partial charge on any atom is 0.327 e. The molecule has 1 aromatic rings. The van der Waals surface area contributed by atoms with Gasteiger partial charge in [0.15, 0.2) is 0 Å². The third kappa shape index (κ3) is 5.46. The highest BCUT2D eigenvalue weighted by molar-refractivity contribution is 5.77. The molecular formula is C16H23NO4. The zero-order valence-electron chi connectivity index (χ0n) is 12.3. The quantitative estimate of drug-likeness (QED) is 0.671. The molecule has 2 unspecified atom stereocenters. The Labute approximate surface area is 125 Å². The maximum atomic E-state index is 11.8. The van der Waals surface area contributed by atoms with E-state index in [4.69, 9.17) is 9.47 Å². The molecule has 5 heteroatoms. The predicted molar refractivity (Wildman–Crippen MR) is 78.8 cm³/mol. The van der Waals surface area contributed by atoms with Crippen LogP contribution >= 0.6 is 0 Å². The Bertz CT molecular complexity index is 433. The summed E-state index contributed by atoms with van der Waals surface area (Å²) in [7, 11) is 1.36. The van der Waals surface area contributed by atoms with Crippen LogP contribution in [-0.2, 0) is 14.3 Å². The number of nitrogens with one attached hydrogen (secondary N) is 1. The Hall–Kier alpha value is -1.43. The second-order valence-electron chi connectivity index (χ2n) is 5.41. The van der Waals surface area contributed by atoms with Crippen molar-refractivity contribution in [3.05, 3.63) is 35.9 Å². The van der Waals surface area contributed by atoms with Crippen LogP contribution in [0.4, 0.5) is 0 Å². The third-order valence-electron chi connectivity index (χ3n) is 3.49. The van der Waals surface area contributed by atoms with E-state index in [1.165, 1.54) is 20.0 Å². The molecule has 116 valence electrons. The number of carbonyl (C=O) groups excluding carboxylic acids is 1. The van der Waals surface area contributed by atoms with Gasteiger partial charge < -0.3 is 14.6 Å². The van der Waals surface area contributed by atoms with Crippen LogP contribution in [0, 0.1) is 5.92 Å². The van der Waals surface area contributed by atoms with E-state index in [0.29, 0.717) is 5.92 Å². The molecule has 0 aromatic heterocycles. The number of hydrogen-bond acceptors (Lipinski definition) is 5. The van der Waals surface area contributed by atoms with Crippen molar-refractivity contribution in [3.8, 4) is 0 Å². The third-order valence-corrected chi connectivity index (χ3v) is 3.49. The van der Waals surface area contributed by atoms with E-state index in [0.717, 1.165) is 12.2 Å². The van der Waals surface area contributed by atoms with E-state index < -0.39 is 12.1 Å². The maximum absolute atomic E-state index is 11.8. The normalized spacial score (nSPS) is 17.2. The van der Waals surface area contributed by atoms with Gasteiger partial charge in [-0.25, -0.2) is 4.79 Å². The standard InChI is InChI=1S/C16H23NO4/c1-20-16(19)15(13-5-3-2-4-6-13)17-9-14(18)11-21-10-12-7-8-12/h2-6,12,14-15,17-18H,7-11H2,1H3. The Kier molecular flexibility index (Phi) is 6.17. The van der Waals surface area contributed by atoms with Crippen molar-refractivity contribution in [1.29, 1.82) is 0 Å². The molecule has 1 aliphatic carbocycles. The molecule has 0 amide bonds. The predicted octanol–water partition coefficient (Wildman–Crippen LogP) is 1.28. The van der Waals surface area contributed by atoms with Gasteiger partial charge in [0.05, 0.1) is 19.8 Å². The smallest absolute Gasteiger partial charge is 0.327 e. The number of ether oxygens (including phenoxy) is 2. The highest BCUT2D eigenvalue weighted by atomic mass is 16.5. The number of benzene rings is 1. The van der Waals surface area contributed by atoms with E-state index >= 15 is 0 Å². The van der Waals surface area contributed by atoms with Crippen LogP contribution in [0.2, 0.25) is 0 Å². The van der Waals surface area contributed by atoms with Gasteiger partial charge in [0.1, 0.15) is 6.04 Å². The lowest BCUT2D eigenvalue weighted by Crippen LogP contribution is -2.37. The molecule has 5 nitrogen and oxygen atoms in total. The van der Waals surface area contributed by atoms with Crippen molar-refractivity contribution in [2.45, 2.75) is 25.0 Å². The molecule has 1 fully saturated rings. The second-order valence-corrected chi connectivity index (χ2v) is 5.41. The van der Waals surface area contributed by atoms with E-state index in [1.807, 2.05) is 30.3 Å². The molecule has 21 heavy (non-hydrogen) atoms. The average Bonchev–Trinajstić information content (AvgIpc) is 3.32. The first-order valence-corrected chi connectivity index (χ1v) is 7.32.